The van der Waals surface area contributed by atoms with Crippen LogP contribution in [0.25, 0.3) is 11.0 Å². The first kappa shape index (κ1) is 19.3. The minimum atomic E-state index is -0.300. The van der Waals surface area contributed by atoms with E-state index in [4.69, 9.17) is 9.15 Å². The van der Waals surface area contributed by atoms with Gasteiger partial charge < -0.3 is 19.8 Å². The van der Waals surface area contributed by atoms with E-state index in [0.29, 0.717) is 23.7 Å². The molecule has 6 nitrogen and oxygen atoms in total. The Hall–Kier alpha value is -2.50. The highest BCUT2D eigenvalue weighted by Gasteiger charge is 2.22. The average Bonchev–Trinajstić information content (AvgIpc) is 3.12. The molecular weight excluding hydrogens is 344 g/mol. The van der Waals surface area contributed by atoms with Crippen LogP contribution in [-0.4, -0.2) is 25.0 Å². The molecule has 0 saturated heterocycles. The molecule has 6 heteroatoms. The Morgan fingerprint density at radius 1 is 1.26 bits per heavy atom. The number of carbonyl (C=O) groups excluding carboxylic acids is 2. The Morgan fingerprint density at radius 2 is 2.04 bits per heavy atom. The number of fused-ring (bicyclic) bond motifs is 1. The molecule has 2 aromatic rings. The van der Waals surface area contributed by atoms with Gasteiger partial charge in [0.2, 0.25) is 11.8 Å². The first-order chi connectivity index (χ1) is 13.1. The van der Waals surface area contributed by atoms with E-state index in [1.165, 1.54) is 6.42 Å². The van der Waals surface area contributed by atoms with Crippen molar-refractivity contribution >= 4 is 22.8 Å². The van der Waals surface area contributed by atoms with Crippen molar-refractivity contribution < 1.29 is 18.7 Å². The summed E-state index contributed by atoms with van der Waals surface area (Å²) in [5.41, 5.74) is 0.682. The predicted molar refractivity (Wildman–Crippen MR) is 104 cm³/mol. The maximum Gasteiger partial charge on any atom is 0.239 e. The molecule has 1 fully saturated rings. The van der Waals surface area contributed by atoms with Crippen LogP contribution in [0, 0.1) is 5.92 Å². The number of furan rings is 1. The summed E-state index contributed by atoms with van der Waals surface area (Å²) in [6, 6.07) is 7.33. The lowest BCUT2D eigenvalue weighted by Gasteiger charge is -2.20. The van der Waals surface area contributed by atoms with Gasteiger partial charge in [0.05, 0.1) is 19.2 Å². The van der Waals surface area contributed by atoms with Gasteiger partial charge in [-0.15, -0.1) is 0 Å². The molecule has 2 N–H and O–H groups in total. The van der Waals surface area contributed by atoms with Crippen LogP contribution in [0.4, 0.5) is 0 Å². The summed E-state index contributed by atoms with van der Waals surface area (Å²) in [6.45, 7) is 4.33. The first-order valence-corrected chi connectivity index (χ1v) is 9.80. The van der Waals surface area contributed by atoms with E-state index in [1.807, 2.05) is 38.1 Å². The van der Waals surface area contributed by atoms with Gasteiger partial charge in [-0.25, -0.2) is 0 Å². The maximum atomic E-state index is 12.2. The number of hydrogen-bond donors (Lipinski definition) is 2. The number of nitrogens with one attached hydrogen (secondary N) is 2. The van der Waals surface area contributed by atoms with Crippen molar-refractivity contribution in [3.8, 4) is 5.75 Å². The third kappa shape index (κ3) is 4.81. The molecule has 1 saturated carbocycles. The van der Waals surface area contributed by atoms with Crippen LogP contribution in [0.5, 0.6) is 5.75 Å². The Bertz CT molecular complexity index is 793. The highest BCUT2D eigenvalue weighted by Crippen LogP contribution is 2.31. The first-order valence-electron chi connectivity index (χ1n) is 9.80. The second kappa shape index (κ2) is 8.93. The molecule has 3 rings (SSSR count). The highest BCUT2D eigenvalue weighted by molar-refractivity contribution is 5.86. The fourth-order valence-corrected chi connectivity index (χ4v) is 3.58. The zero-order valence-electron chi connectivity index (χ0n) is 16.0. The van der Waals surface area contributed by atoms with Crippen molar-refractivity contribution in [2.24, 2.45) is 5.92 Å². The largest absolute Gasteiger partial charge is 0.490 e. The molecule has 0 bridgehead atoms. The van der Waals surface area contributed by atoms with Gasteiger partial charge in [-0.05, 0) is 38.8 Å². The monoisotopic (exact) mass is 372 g/mol. The number of para-hydroxylation sites is 1. The van der Waals surface area contributed by atoms with Crippen LogP contribution in [0.1, 0.15) is 57.8 Å². The average molecular weight is 372 g/mol. The Kier molecular flexibility index (Phi) is 6.37. The number of carbonyl (C=O) groups is 2. The summed E-state index contributed by atoms with van der Waals surface area (Å²) >= 11 is 0. The molecule has 1 heterocycles. The normalized spacial score (nSPS) is 16.1. The summed E-state index contributed by atoms with van der Waals surface area (Å²) in [5, 5.41) is 6.57. The van der Waals surface area contributed by atoms with Gasteiger partial charge in [0.15, 0.2) is 11.3 Å². The van der Waals surface area contributed by atoms with Crippen molar-refractivity contribution in [2.45, 2.75) is 52.0 Å². The van der Waals surface area contributed by atoms with Gasteiger partial charge in [0.1, 0.15) is 5.76 Å². The van der Waals surface area contributed by atoms with E-state index < -0.39 is 0 Å². The minimum absolute atomic E-state index is 0.00982. The maximum absolute atomic E-state index is 12.2. The van der Waals surface area contributed by atoms with Crippen molar-refractivity contribution in [1.29, 1.82) is 0 Å². The molecule has 1 aromatic heterocycles. The van der Waals surface area contributed by atoms with E-state index in [-0.39, 0.29) is 30.3 Å². The smallest absolute Gasteiger partial charge is 0.239 e. The fourth-order valence-electron chi connectivity index (χ4n) is 3.58. The molecule has 0 aliphatic heterocycles. The lowest BCUT2D eigenvalue weighted by Crippen LogP contribution is -2.40. The summed E-state index contributed by atoms with van der Waals surface area (Å²) < 4.78 is 11.5. The van der Waals surface area contributed by atoms with Gasteiger partial charge in [0.25, 0.3) is 0 Å². The fraction of sp³-hybridized carbons (Fsp3) is 0.524. The molecule has 1 aliphatic rings. The van der Waals surface area contributed by atoms with Crippen LogP contribution in [0.2, 0.25) is 0 Å². The summed E-state index contributed by atoms with van der Waals surface area (Å²) in [4.78, 5) is 24.4. The number of hydrogen-bond acceptors (Lipinski definition) is 4. The van der Waals surface area contributed by atoms with E-state index >= 15 is 0 Å². The number of amides is 2. The van der Waals surface area contributed by atoms with Crippen LogP contribution >= 0.6 is 0 Å². The standard InChI is InChI=1S/C21H28N2O4/c1-3-26-17-11-7-10-16-12-18(27-20(16)17)14(2)23-19(24)13-22-21(25)15-8-5-4-6-9-15/h7,10-12,14-15H,3-6,8-9,13H2,1-2H3,(H,22,25)(H,23,24). The molecule has 1 aliphatic carbocycles. The van der Waals surface area contributed by atoms with E-state index in [2.05, 4.69) is 10.6 Å². The van der Waals surface area contributed by atoms with Crippen LogP contribution in [0.3, 0.4) is 0 Å². The van der Waals surface area contributed by atoms with Gasteiger partial charge >= 0.3 is 0 Å². The zero-order valence-corrected chi connectivity index (χ0v) is 16.0. The lowest BCUT2D eigenvalue weighted by atomic mass is 9.89. The summed E-state index contributed by atoms with van der Waals surface area (Å²) in [6.07, 6.45) is 5.23. The van der Waals surface area contributed by atoms with Gasteiger partial charge in [-0.3, -0.25) is 9.59 Å². The highest BCUT2D eigenvalue weighted by atomic mass is 16.5. The van der Waals surface area contributed by atoms with E-state index in [1.54, 1.807) is 0 Å². The second-order valence-electron chi connectivity index (χ2n) is 7.10. The molecule has 0 radical (unpaired) electrons. The van der Waals surface area contributed by atoms with Crippen molar-refractivity contribution in [2.75, 3.05) is 13.2 Å². The molecule has 0 spiro atoms. The van der Waals surface area contributed by atoms with E-state index in [0.717, 1.165) is 31.1 Å². The minimum Gasteiger partial charge on any atom is -0.490 e. The number of ether oxygens (including phenoxy) is 1. The van der Waals surface area contributed by atoms with Gasteiger partial charge in [-0.2, -0.15) is 0 Å². The molecule has 1 unspecified atom stereocenters. The SMILES string of the molecule is CCOc1cccc2cc(C(C)NC(=O)CNC(=O)C3CCCCC3)oc12. The molecular formula is C21H28N2O4. The van der Waals surface area contributed by atoms with Crippen molar-refractivity contribution in [3.05, 3.63) is 30.0 Å². The molecule has 1 atom stereocenters. The van der Waals surface area contributed by atoms with Gasteiger partial charge in [0, 0.05) is 11.3 Å². The Labute approximate surface area is 159 Å². The lowest BCUT2D eigenvalue weighted by molar-refractivity contribution is -0.129. The quantitative estimate of drug-likeness (QED) is 0.776. The molecule has 1 aromatic carbocycles. The Balaban J connectivity index is 1.55. The third-order valence-electron chi connectivity index (χ3n) is 5.03. The van der Waals surface area contributed by atoms with Crippen molar-refractivity contribution in [3.63, 3.8) is 0 Å². The summed E-state index contributed by atoms with van der Waals surface area (Å²) in [7, 11) is 0. The number of rotatable bonds is 7. The summed E-state index contributed by atoms with van der Waals surface area (Å²) in [5.74, 6) is 1.17. The third-order valence-corrected chi connectivity index (χ3v) is 5.03. The predicted octanol–water partition coefficient (Wildman–Crippen LogP) is 3.71. The zero-order chi connectivity index (χ0) is 19.2. The molecule has 146 valence electrons. The molecule has 27 heavy (non-hydrogen) atoms. The topological polar surface area (TPSA) is 80.6 Å². The van der Waals surface area contributed by atoms with Crippen LogP contribution in [0.15, 0.2) is 28.7 Å². The van der Waals surface area contributed by atoms with Gasteiger partial charge in [-0.1, -0.05) is 31.4 Å². The molecule has 2 amide bonds. The Morgan fingerprint density at radius 3 is 2.78 bits per heavy atom. The number of benzene rings is 1. The van der Waals surface area contributed by atoms with Crippen LogP contribution < -0.4 is 15.4 Å². The van der Waals surface area contributed by atoms with Crippen LogP contribution in [-0.2, 0) is 9.59 Å². The second-order valence-corrected chi connectivity index (χ2v) is 7.10. The van der Waals surface area contributed by atoms with E-state index in [9.17, 15) is 9.59 Å². The van der Waals surface area contributed by atoms with Crippen molar-refractivity contribution in [1.82, 2.24) is 10.6 Å².